The number of β-amino-alcohol motifs (C(OH)–C–C–N with tert-alkyl or cyclic N) is 1. The Labute approximate surface area is 151 Å². The monoisotopic (exact) mass is 359 g/mol. The topological polar surface area (TPSA) is 69.8 Å². The summed E-state index contributed by atoms with van der Waals surface area (Å²) in [4.78, 5) is 14.4. The number of nitro benzene ring substituents is 1. The van der Waals surface area contributed by atoms with Crippen LogP contribution >= 0.6 is 0 Å². The third-order valence-electron chi connectivity index (χ3n) is 4.74. The molecular formula is C19H22FN3O3. The van der Waals surface area contributed by atoms with Gasteiger partial charge in [-0.2, -0.15) is 0 Å². The quantitative estimate of drug-likeness (QED) is 0.634. The summed E-state index contributed by atoms with van der Waals surface area (Å²) in [5.74, 6) is -0.650. The van der Waals surface area contributed by atoms with Crippen LogP contribution < -0.4 is 4.90 Å². The molecule has 1 fully saturated rings. The number of likely N-dealkylation sites (tertiary alicyclic amines) is 1. The normalized spacial score (nSPS) is 20.3. The third kappa shape index (κ3) is 4.17. The van der Waals surface area contributed by atoms with Crippen molar-refractivity contribution in [2.75, 3.05) is 31.6 Å². The van der Waals surface area contributed by atoms with Crippen molar-refractivity contribution in [2.45, 2.75) is 18.6 Å². The zero-order chi connectivity index (χ0) is 18.7. The second-order valence-corrected chi connectivity index (χ2v) is 6.92. The second-order valence-electron chi connectivity index (χ2n) is 6.92. The van der Waals surface area contributed by atoms with E-state index in [1.54, 1.807) is 11.9 Å². The van der Waals surface area contributed by atoms with Crippen LogP contribution in [0.5, 0.6) is 0 Å². The molecule has 0 amide bonds. The van der Waals surface area contributed by atoms with Gasteiger partial charge in [-0.15, -0.1) is 0 Å². The number of nitro groups is 1. The minimum atomic E-state index is -0.966. The van der Waals surface area contributed by atoms with E-state index in [1.165, 1.54) is 17.7 Å². The maximum absolute atomic E-state index is 13.3. The number of nitrogens with zero attached hydrogens (tertiary/aromatic N) is 3. The van der Waals surface area contributed by atoms with Crippen LogP contribution in [-0.2, 0) is 6.54 Å². The number of anilines is 1. The third-order valence-corrected chi connectivity index (χ3v) is 4.74. The summed E-state index contributed by atoms with van der Waals surface area (Å²) in [6.45, 7) is 2.24. The van der Waals surface area contributed by atoms with Crippen molar-refractivity contribution in [3.8, 4) is 0 Å². The van der Waals surface area contributed by atoms with Gasteiger partial charge in [0.2, 0.25) is 0 Å². The fourth-order valence-electron chi connectivity index (χ4n) is 3.54. The summed E-state index contributed by atoms with van der Waals surface area (Å²) >= 11 is 0. The Morgan fingerprint density at radius 2 is 2.04 bits per heavy atom. The van der Waals surface area contributed by atoms with E-state index in [4.69, 9.17) is 0 Å². The van der Waals surface area contributed by atoms with Crippen molar-refractivity contribution in [2.24, 2.45) is 0 Å². The van der Waals surface area contributed by atoms with Crippen molar-refractivity contribution in [3.05, 3.63) is 70.0 Å². The highest BCUT2D eigenvalue weighted by Crippen LogP contribution is 2.31. The first-order valence-corrected chi connectivity index (χ1v) is 8.50. The highest BCUT2D eigenvalue weighted by atomic mass is 19.1. The van der Waals surface area contributed by atoms with Gasteiger partial charge in [0.25, 0.3) is 5.69 Å². The molecule has 2 aromatic carbocycles. The molecule has 7 heteroatoms. The molecule has 0 spiro atoms. The van der Waals surface area contributed by atoms with Crippen LogP contribution in [-0.4, -0.2) is 47.2 Å². The molecule has 1 aliphatic heterocycles. The standard InChI is InChI=1S/C19H22FN3O3/c1-21(17-8-7-16(20)11-18(17)23(25)26)13-19(24)9-10-22(14-19)12-15-5-3-2-4-6-15/h2-8,11,24H,9-10,12-14H2,1H3. The van der Waals surface area contributed by atoms with Gasteiger partial charge in [0.1, 0.15) is 11.5 Å². The molecule has 0 bridgehead atoms. The smallest absolute Gasteiger partial charge is 0.295 e. The fourth-order valence-corrected chi connectivity index (χ4v) is 3.54. The average molecular weight is 359 g/mol. The fraction of sp³-hybridized carbons (Fsp3) is 0.368. The van der Waals surface area contributed by atoms with Gasteiger partial charge >= 0.3 is 0 Å². The van der Waals surface area contributed by atoms with Gasteiger partial charge in [-0.3, -0.25) is 15.0 Å². The predicted molar refractivity (Wildman–Crippen MR) is 97.6 cm³/mol. The van der Waals surface area contributed by atoms with Crippen LogP contribution in [0.3, 0.4) is 0 Å². The summed E-state index contributed by atoms with van der Waals surface area (Å²) in [5.41, 5.74) is 0.215. The van der Waals surface area contributed by atoms with E-state index in [9.17, 15) is 19.6 Å². The first-order chi connectivity index (χ1) is 12.4. The number of hydrogen-bond acceptors (Lipinski definition) is 5. The Bertz CT molecular complexity index is 787. The Hall–Kier alpha value is -2.51. The molecule has 6 nitrogen and oxygen atoms in total. The van der Waals surface area contributed by atoms with Gasteiger partial charge in [0, 0.05) is 33.2 Å². The average Bonchev–Trinajstić information content (AvgIpc) is 2.95. The lowest BCUT2D eigenvalue weighted by molar-refractivity contribution is -0.384. The number of hydrogen-bond donors (Lipinski definition) is 1. The molecule has 0 aromatic heterocycles. The Balaban J connectivity index is 1.68. The molecule has 26 heavy (non-hydrogen) atoms. The van der Waals surface area contributed by atoms with Gasteiger partial charge in [-0.1, -0.05) is 30.3 Å². The number of likely N-dealkylation sites (N-methyl/N-ethyl adjacent to an activating group) is 1. The molecule has 1 atom stereocenters. The molecule has 1 aliphatic rings. The van der Waals surface area contributed by atoms with Gasteiger partial charge in [0.15, 0.2) is 0 Å². The molecule has 0 saturated carbocycles. The molecule has 1 N–H and O–H groups in total. The Kier molecular flexibility index (Phi) is 5.20. The van der Waals surface area contributed by atoms with E-state index < -0.39 is 16.3 Å². The SMILES string of the molecule is CN(CC1(O)CCN(Cc2ccccc2)C1)c1ccc(F)cc1[N+](=O)[O-]. The Morgan fingerprint density at radius 3 is 2.73 bits per heavy atom. The van der Waals surface area contributed by atoms with Crippen molar-refractivity contribution in [3.63, 3.8) is 0 Å². The molecule has 0 radical (unpaired) electrons. The van der Waals surface area contributed by atoms with Gasteiger partial charge in [-0.05, 0) is 24.1 Å². The molecule has 138 valence electrons. The highest BCUT2D eigenvalue weighted by molar-refractivity contribution is 5.63. The van der Waals surface area contributed by atoms with Gasteiger partial charge in [-0.25, -0.2) is 4.39 Å². The van der Waals surface area contributed by atoms with Crippen molar-refractivity contribution < 1.29 is 14.4 Å². The van der Waals surface area contributed by atoms with E-state index in [-0.39, 0.29) is 12.2 Å². The molecule has 1 saturated heterocycles. The van der Waals surface area contributed by atoms with Crippen molar-refractivity contribution in [1.82, 2.24) is 4.90 Å². The summed E-state index contributed by atoms with van der Waals surface area (Å²) in [5, 5.41) is 22.1. The predicted octanol–water partition coefficient (Wildman–Crippen LogP) is 2.81. The molecule has 1 unspecified atom stereocenters. The molecule has 1 heterocycles. The van der Waals surface area contributed by atoms with E-state index in [2.05, 4.69) is 4.90 Å². The van der Waals surface area contributed by atoms with Crippen molar-refractivity contribution >= 4 is 11.4 Å². The van der Waals surface area contributed by atoms with E-state index in [0.717, 1.165) is 19.2 Å². The minimum Gasteiger partial charge on any atom is -0.387 e. The van der Waals surface area contributed by atoms with Gasteiger partial charge < -0.3 is 10.0 Å². The summed E-state index contributed by atoms with van der Waals surface area (Å²) in [7, 11) is 1.68. The molecular weight excluding hydrogens is 337 g/mol. The van der Waals surface area contributed by atoms with Crippen LogP contribution in [0.15, 0.2) is 48.5 Å². The Morgan fingerprint density at radius 1 is 1.31 bits per heavy atom. The highest BCUT2D eigenvalue weighted by Gasteiger charge is 2.37. The van der Waals surface area contributed by atoms with E-state index >= 15 is 0 Å². The summed E-state index contributed by atoms with van der Waals surface area (Å²) in [6, 6.07) is 13.5. The van der Waals surface area contributed by atoms with E-state index in [0.29, 0.717) is 18.7 Å². The first kappa shape index (κ1) is 18.3. The lowest BCUT2D eigenvalue weighted by Crippen LogP contribution is -2.44. The first-order valence-electron chi connectivity index (χ1n) is 8.50. The van der Waals surface area contributed by atoms with Crippen LogP contribution in [0.4, 0.5) is 15.8 Å². The lowest BCUT2D eigenvalue weighted by atomic mass is 10.0. The molecule has 3 rings (SSSR count). The summed E-state index contributed by atoms with van der Waals surface area (Å²) < 4.78 is 13.3. The lowest BCUT2D eigenvalue weighted by Gasteiger charge is -2.30. The maximum Gasteiger partial charge on any atom is 0.295 e. The van der Waals surface area contributed by atoms with Crippen LogP contribution in [0.2, 0.25) is 0 Å². The number of rotatable bonds is 6. The minimum absolute atomic E-state index is 0.241. The van der Waals surface area contributed by atoms with Crippen molar-refractivity contribution in [1.29, 1.82) is 0 Å². The maximum atomic E-state index is 13.3. The zero-order valence-electron chi connectivity index (χ0n) is 14.6. The summed E-state index contributed by atoms with van der Waals surface area (Å²) in [6.07, 6.45) is 0.583. The second kappa shape index (κ2) is 7.39. The molecule has 2 aromatic rings. The van der Waals surface area contributed by atoms with Crippen LogP contribution in [0.1, 0.15) is 12.0 Å². The van der Waals surface area contributed by atoms with Crippen LogP contribution in [0.25, 0.3) is 0 Å². The number of aliphatic hydroxyl groups is 1. The van der Waals surface area contributed by atoms with E-state index in [1.807, 2.05) is 30.3 Å². The van der Waals surface area contributed by atoms with Gasteiger partial charge in [0.05, 0.1) is 16.6 Å². The zero-order valence-corrected chi connectivity index (χ0v) is 14.6. The number of benzene rings is 2. The molecule has 0 aliphatic carbocycles. The number of halogens is 1. The van der Waals surface area contributed by atoms with Crippen LogP contribution in [0, 0.1) is 15.9 Å². The largest absolute Gasteiger partial charge is 0.387 e.